The van der Waals surface area contributed by atoms with Gasteiger partial charge in [0.05, 0.1) is 13.1 Å². The van der Waals surface area contributed by atoms with Crippen LogP contribution in [0, 0.1) is 0 Å². The molecule has 0 saturated carbocycles. The summed E-state index contributed by atoms with van der Waals surface area (Å²) in [6.07, 6.45) is 3.82. The van der Waals surface area contributed by atoms with Gasteiger partial charge >= 0.3 is 0 Å². The Morgan fingerprint density at radius 2 is 2.20 bits per heavy atom. The van der Waals surface area contributed by atoms with E-state index in [0.717, 1.165) is 30.1 Å². The monoisotopic (exact) mass is 357 g/mol. The number of aliphatic imine (C=N–C) groups is 1. The highest BCUT2D eigenvalue weighted by atomic mass is 32.1. The molecule has 132 valence electrons. The molecule has 2 aromatic rings. The summed E-state index contributed by atoms with van der Waals surface area (Å²) in [4.78, 5) is 24.2. The predicted molar refractivity (Wildman–Crippen MR) is 102 cm³/mol. The quantitative estimate of drug-likeness (QED) is 0.634. The van der Waals surface area contributed by atoms with E-state index in [4.69, 9.17) is 0 Å². The zero-order valence-electron chi connectivity index (χ0n) is 14.6. The van der Waals surface area contributed by atoms with Gasteiger partial charge in [-0.3, -0.25) is 9.79 Å². The van der Waals surface area contributed by atoms with Crippen LogP contribution in [-0.4, -0.2) is 37.0 Å². The number of hydrogen-bond donors (Lipinski definition) is 2. The summed E-state index contributed by atoms with van der Waals surface area (Å²) in [5, 5.41) is 7.31. The zero-order chi connectivity index (χ0) is 17.6. The highest BCUT2D eigenvalue weighted by Gasteiger charge is 2.23. The average molecular weight is 357 g/mol. The largest absolute Gasteiger partial charge is 0.350 e. The Kier molecular flexibility index (Phi) is 5.65. The number of nitrogens with one attached hydrogen (secondary N) is 2. The molecule has 0 atom stereocenters. The topological polar surface area (TPSA) is 69.6 Å². The Hall–Kier alpha value is -2.41. The minimum Gasteiger partial charge on any atom is -0.350 e. The van der Waals surface area contributed by atoms with Gasteiger partial charge in [-0.05, 0) is 24.5 Å². The molecule has 0 unspecified atom stereocenters. The number of aromatic nitrogens is 1. The number of amides is 1. The van der Waals surface area contributed by atoms with E-state index >= 15 is 0 Å². The Bertz CT molecular complexity index is 770. The molecule has 3 rings (SSSR count). The summed E-state index contributed by atoms with van der Waals surface area (Å²) in [6, 6.07) is 8.06. The van der Waals surface area contributed by atoms with Gasteiger partial charge in [0.1, 0.15) is 5.01 Å². The van der Waals surface area contributed by atoms with Crippen LogP contribution in [-0.2, 0) is 24.2 Å². The minimum atomic E-state index is 0.0513. The highest BCUT2D eigenvalue weighted by molar-refractivity contribution is 7.11. The van der Waals surface area contributed by atoms with Crippen LogP contribution >= 0.6 is 11.3 Å². The molecule has 0 fully saturated rings. The summed E-state index contributed by atoms with van der Waals surface area (Å²) in [6.45, 7) is 3.68. The molecule has 2 heterocycles. The van der Waals surface area contributed by atoms with Gasteiger partial charge in [0.25, 0.3) is 0 Å². The number of para-hydroxylation sites is 1. The number of benzene rings is 1. The molecule has 0 radical (unpaired) electrons. The lowest BCUT2D eigenvalue weighted by atomic mass is 10.2. The third kappa shape index (κ3) is 4.17. The Labute approximate surface area is 152 Å². The van der Waals surface area contributed by atoms with E-state index in [0.29, 0.717) is 12.5 Å². The summed E-state index contributed by atoms with van der Waals surface area (Å²) in [5.41, 5.74) is 2.25. The van der Waals surface area contributed by atoms with Gasteiger partial charge < -0.3 is 15.5 Å². The lowest BCUT2D eigenvalue weighted by molar-refractivity contribution is -0.117. The number of rotatable bonds is 5. The fourth-order valence-electron chi connectivity index (χ4n) is 2.83. The summed E-state index contributed by atoms with van der Waals surface area (Å²) in [5.74, 6) is 0.657. The normalized spacial score (nSPS) is 13.7. The summed E-state index contributed by atoms with van der Waals surface area (Å²) < 4.78 is 0. The highest BCUT2D eigenvalue weighted by Crippen LogP contribution is 2.27. The molecule has 2 N–H and O–H groups in total. The maximum atomic E-state index is 12.5. The van der Waals surface area contributed by atoms with Gasteiger partial charge in [-0.25, -0.2) is 4.98 Å². The zero-order valence-corrected chi connectivity index (χ0v) is 15.4. The van der Waals surface area contributed by atoms with Crippen molar-refractivity contribution in [2.75, 3.05) is 25.0 Å². The number of guanidine groups is 1. The fourth-order valence-corrected chi connectivity index (χ4v) is 3.63. The van der Waals surface area contributed by atoms with E-state index in [-0.39, 0.29) is 12.5 Å². The molecule has 1 aliphatic rings. The molecule has 1 amide bonds. The molecule has 6 nitrogen and oxygen atoms in total. The molecule has 1 aromatic carbocycles. The van der Waals surface area contributed by atoms with Crippen LogP contribution in [0.25, 0.3) is 0 Å². The predicted octanol–water partition coefficient (Wildman–Crippen LogP) is 1.96. The number of anilines is 1. The number of aryl methyl sites for hydroxylation is 1. The van der Waals surface area contributed by atoms with Crippen LogP contribution in [0.5, 0.6) is 0 Å². The van der Waals surface area contributed by atoms with E-state index in [1.165, 1.54) is 10.4 Å². The molecular formula is C18H23N5OS. The SMILES string of the molecule is CCc1cnc(CNC(=NC)NCC(=O)N2CCc3ccccc32)s1. The van der Waals surface area contributed by atoms with E-state index in [9.17, 15) is 4.79 Å². The van der Waals surface area contributed by atoms with Crippen molar-refractivity contribution in [1.29, 1.82) is 0 Å². The molecule has 1 aromatic heterocycles. The average Bonchev–Trinajstić information content (AvgIpc) is 3.28. The molecule has 0 bridgehead atoms. The van der Waals surface area contributed by atoms with Gasteiger partial charge in [0.15, 0.2) is 5.96 Å². The number of nitrogens with zero attached hydrogens (tertiary/aromatic N) is 3. The standard InChI is InChI=1S/C18H23N5OS/c1-3-14-10-20-16(25-14)11-21-18(19-2)22-12-17(24)23-9-8-13-6-4-5-7-15(13)23/h4-7,10H,3,8-9,11-12H2,1-2H3,(H2,19,21,22). The van der Waals surface area contributed by atoms with Crippen molar-refractivity contribution in [3.8, 4) is 0 Å². The first kappa shape index (κ1) is 17.4. The Morgan fingerprint density at radius 3 is 2.96 bits per heavy atom. The van der Waals surface area contributed by atoms with Crippen molar-refractivity contribution in [2.45, 2.75) is 26.3 Å². The molecule has 1 aliphatic heterocycles. The first-order valence-corrected chi connectivity index (χ1v) is 9.29. The lowest BCUT2D eigenvalue weighted by Crippen LogP contribution is -2.44. The van der Waals surface area contributed by atoms with Crippen molar-refractivity contribution in [1.82, 2.24) is 15.6 Å². The Balaban J connectivity index is 1.50. The number of hydrogen-bond acceptors (Lipinski definition) is 4. The molecule has 0 saturated heterocycles. The fraction of sp³-hybridized carbons (Fsp3) is 0.389. The molecule has 0 aliphatic carbocycles. The van der Waals surface area contributed by atoms with Crippen molar-refractivity contribution in [2.24, 2.45) is 4.99 Å². The first-order chi connectivity index (χ1) is 12.2. The minimum absolute atomic E-state index is 0.0513. The second-order valence-corrected chi connectivity index (χ2v) is 6.98. The second kappa shape index (κ2) is 8.11. The number of fused-ring (bicyclic) bond motifs is 1. The number of carbonyl (C=O) groups is 1. The van der Waals surface area contributed by atoms with Gasteiger partial charge in [-0.2, -0.15) is 0 Å². The first-order valence-electron chi connectivity index (χ1n) is 8.47. The molecule has 7 heteroatoms. The van der Waals surface area contributed by atoms with E-state index in [2.05, 4.69) is 33.6 Å². The third-order valence-electron chi connectivity index (χ3n) is 4.18. The molecular weight excluding hydrogens is 334 g/mol. The van der Waals surface area contributed by atoms with Gasteiger partial charge in [-0.1, -0.05) is 25.1 Å². The lowest BCUT2D eigenvalue weighted by Gasteiger charge is -2.18. The van der Waals surface area contributed by atoms with Crippen LogP contribution in [0.15, 0.2) is 35.5 Å². The van der Waals surface area contributed by atoms with Crippen LogP contribution in [0.4, 0.5) is 5.69 Å². The third-order valence-corrected chi connectivity index (χ3v) is 5.32. The van der Waals surface area contributed by atoms with Crippen LogP contribution in [0.3, 0.4) is 0 Å². The van der Waals surface area contributed by atoms with E-state index in [1.54, 1.807) is 18.4 Å². The van der Waals surface area contributed by atoms with Crippen molar-refractivity contribution >= 4 is 28.9 Å². The maximum Gasteiger partial charge on any atom is 0.246 e. The van der Waals surface area contributed by atoms with Crippen molar-refractivity contribution in [3.05, 3.63) is 45.9 Å². The second-order valence-electron chi connectivity index (χ2n) is 5.78. The van der Waals surface area contributed by atoms with Crippen LogP contribution in [0.1, 0.15) is 22.4 Å². The molecule has 0 spiro atoms. The van der Waals surface area contributed by atoms with Crippen molar-refractivity contribution in [3.63, 3.8) is 0 Å². The Morgan fingerprint density at radius 1 is 1.36 bits per heavy atom. The van der Waals surface area contributed by atoms with E-state index in [1.807, 2.05) is 29.3 Å². The van der Waals surface area contributed by atoms with Gasteiger partial charge in [-0.15, -0.1) is 11.3 Å². The molecule has 25 heavy (non-hydrogen) atoms. The van der Waals surface area contributed by atoms with Crippen molar-refractivity contribution < 1.29 is 4.79 Å². The van der Waals surface area contributed by atoms with Crippen LogP contribution in [0.2, 0.25) is 0 Å². The van der Waals surface area contributed by atoms with Gasteiger partial charge in [0.2, 0.25) is 5.91 Å². The van der Waals surface area contributed by atoms with Crippen LogP contribution < -0.4 is 15.5 Å². The number of thiazole rings is 1. The van der Waals surface area contributed by atoms with Gasteiger partial charge in [0, 0.05) is 30.4 Å². The summed E-state index contributed by atoms with van der Waals surface area (Å²) in [7, 11) is 1.70. The smallest absolute Gasteiger partial charge is 0.246 e. The summed E-state index contributed by atoms with van der Waals surface area (Å²) >= 11 is 1.69. The number of carbonyl (C=O) groups excluding carboxylic acids is 1. The van der Waals surface area contributed by atoms with E-state index < -0.39 is 0 Å². The maximum absolute atomic E-state index is 12.5.